The molecule has 0 aliphatic heterocycles. The number of hydrogen-bond donors (Lipinski definition) is 2. The van der Waals surface area contributed by atoms with E-state index < -0.39 is 5.60 Å². The van der Waals surface area contributed by atoms with Crippen LogP contribution >= 0.6 is 0 Å². The molecule has 0 saturated heterocycles. The second kappa shape index (κ2) is 7.16. The summed E-state index contributed by atoms with van der Waals surface area (Å²) in [6.07, 6.45) is 11.8. The number of nitrogens with zero attached hydrogens (tertiary/aromatic N) is 4. The molecule has 3 aromatic heterocycles. The molecule has 1 aromatic carbocycles. The second-order valence-corrected chi connectivity index (χ2v) is 12.7. The SMILES string of the molecule is Cc1cnc(N[C@]23CC4(O)C[C@@](C)(C[C@@](C)(C4)C2)C3)nc1-c1cnc2ccc(-c3ccccc3)cn12. The van der Waals surface area contributed by atoms with Crippen LogP contribution in [0.15, 0.2) is 61.1 Å². The standard InChI is InChI=1S/C30H33N5O/c1-20-11-32-26(34-29-15-27(2)14-28(3,16-29)18-30(36,17-27)19-29)33-25(20)23-12-31-24-10-9-22(13-35(23)24)21-7-5-4-6-8-21/h4-13,36H,14-19H2,1-3H3,(H,32,33,34)/t27-,28+,29-,30?. The summed E-state index contributed by atoms with van der Waals surface area (Å²) < 4.78 is 2.12. The van der Waals surface area contributed by atoms with Gasteiger partial charge in [-0.3, -0.25) is 4.40 Å². The molecule has 6 nitrogen and oxygen atoms in total. The molecule has 4 bridgehead atoms. The number of pyridine rings is 1. The molecule has 0 radical (unpaired) electrons. The van der Waals surface area contributed by atoms with E-state index >= 15 is 0 Å². The highest BCUT2D eigenvalue weighted by molar-refractivity contribution is 5.69. The number of nitrogens with one attached hydrogen (secondary N) is 1. The van der Waals surface area contributed by atoms with Crippen LogP contribution in [0.1, 0.15) is 57.9 Å². The van der Waals surface area contributed by atoms with Crippen LogP contribution in [0, 0.1) is 17.8 Å². The summed E-state index contributed by atoms with van der Waals surface area (Å²) in [5.41, 5.74) is 5.60. The number of rotatable bonds is 4. The lowest BCUT2D eigenvalue weighted by Crippen LogP contribution is -2.67. The summed E-state index contributed by atoms with van der Waals surface area (Å²) in [5, 5.41) is 15.2. The third-order valence-corrected chi connectivity index (χ3v) is 8.77. The Kier molecular flexibility index (Phi) is 4.37. The Bertz CT molecular complexity index is 1440. The molecule has 1 unspecified atom stereocenters. The van der Waals surface area contributed by atoms with Crippen molar-refractivity contribution < 1.29 is 5.11 Å². The lowest BCUT2D eigenvalue weighted by atomic mass is 9.41. The molecule has 4 atom stereocenters. The van der Waals surface area contributed by atoms with E-state index in [2.05, 4.69) is 78.1 Å². The normalized spacial score (nSPS) is 32.8. The van der Waals surface area contributed by atoms with Gasteiger partial charge in [-0.25, -0.2) is 15.0 Å². The Morgan fingerprint density at radius 3 is 2.31 bits per heavy atom. The predicted octanol–water partition coefficient (Wildman–Crippen LogP) is 6.04. The monoisotopic (exact) mass is 479 g/mol. The van der Waals surface area contributed by atoms with Crippen LogP contribution in [0.4, 0.5) is 5.95 Å². The molecule has 4 saturated carbocycles. The van der Waals surface area contributed by atoms with Gasteiger partial charge in [-0.2, -0.15) is 0 Å². The van der Waals surface area contributed by atoms with Crippen LogP contribution in [0.2, 0.25) is 0 Å². The van der Waals surface area contributed by atoms with E-state index in [0.29, 0.717) is 5.95 Å². The minimum Gasteiger partial charge on any atom is -0.390 e. The van der Waals surface area contributed by atoms with Crippen molar-refractivity contribution in [2.75, 3.05) is 5.32 Å². The van der Waals surface area contributed by atoms with E-state index in [0.717, 1.165) is 60.3 Å². The average molecular weight is 480 g/mol. The maximum atomic E-state index is 11.5. The fraction of sp³-hybridized carbons (Fsp3) is 0.433. The van der Waals surface area contributed by atoms with Crippen LogP contribution in [0.25, 0.3) is 28.2 Å². The molecule has 4 aliphatic rings. The summed E-state index contributed by atoms with van der Waals surface area (Å²) in [7, 11) is 0. The van der Waals surface area contributed by atoms with Gasteiger partial charge in [-0.15, -0.1) is 0 Å². The lowest BCUT2D eigenvalue weighted by molar-refractivity contribution is -0.192. The molecule has 6 heteroatoms. The van der Waals surface area contributed by atoms with Gasteiger partial charge in [0.2, 0.25) is 5.95 Å². The molecule has 4 aromatic rings. The van der Waals surface area contributed by atoms with Crippen LogP contribution in [0.5, 0.6) is 0 Å². The van der Waals surface area contributed by atoms with Crippen molar-refractivity contribution in [2.24, 2.45) is 10.8 Å². The smallest absolute Gasteiger partial charge is 0.223 e. The van der Waals surface area contributed by atoms with Crippen LogP contribution in [0.3, 0.4) is 0 Å². The summed E-state index contributed by atoms with van der Waals surface area (Å²) in [5.74, 6) is 0.641. The first-order chi connectivity index (χ1) is 17.1. The summed E-state index contributed by atoms with van der Waals surface area (Å²) in [6.45, 7) is 6.76. The molecule has 184 valence electrons. The van der Waals surface area contributed by atoms with Crippen LogP contribution in [-0.2, 0) is 0 Å². The Hall–Kier alpha value is -3.25. The van der Waals surface area contributed by atoms with Crippen molar-refractivity contribution in [3.8, 4) is 22.5 Å². The van der Waals surface area contributed by atoms with Crippen molar-refractivity contribution in [3.05, 3.63) is 66.6 Å². The quantitative estimate of drug-likeness (QED) is 0.373. The zero-order chi connectivity index (χ0) is 24.8. The zero-order valence-electron chi connectivity index (χ0n) is 21.3. The lowest BCUT2D eigenvalue weighted by Gasteiger charge is -2.68. The summed E-state index contributed by atoms with van der Waals surface area (Å²) in [4.78, 5) is 14.4. The first-order valence-electron chi connectivity index (χ1n) is 13.0. The number of anilines is 1. The zero-order valence-corrected chi connectivity index (χ0v) is 21.3. The Balaban J connectivity index is 1.27. The Morgan fingerprint density at radius 1 is 0.833 bits per heavy atom. The molecule has 0 amide bonds. The molecule has 4 aliphatic carbocycles. The fourth-order valence-corrected chi connectivity index (χ4v) is 8.72. The van der Waals surface area contributed by atoms with Gasteiger partial charge in [0.25, 0.3) is 0 Å². The molecule has 3 heterocycles. The van der Waals surface area contributed by atoms with E-state index in [1.807, 2.05) is 18.5 Å². The van der Waals surface area contributed by atoms with E-state index in [-0.39, 0.29) is 16.4 Å². The van der Waals surface area contributed by atoms with Crippen molar-refractivity contribution >= 4 is 11.6 Å². The van der Waals surface area contributed by atoms with E-state index in [9.17, 15) is 5.11 Å². The van der Waals surface area contributed by atoms with Gasteiger partial charge in [0.1, 0.15) is 5.65 Å². The van der Waals surface area contributed by atoms with Gasteiger partial charge in [-0.05, 0) is 85.1 Å². The summed E-state index contributed by atoms with van der Waals surface area (Å²) in [6, 6.07) is 14.6. The molecular weight excluding hydrogens is 446 g/mol. The van der Waals surface area contributed by atoms with Crippen molar-refractivity contribution in [1.29, 1.82) is 0 Å². The number of aryl methyl sites for hydroxylation is 1. The Labute approximate surface area is 211 Å². The highest BCUT2D eigenvalue weighted by Gasteiger charge is 2.65. The molecular formula is C30H33N5O. The molecule has 0 spiro atoms. The van der Waals surface area contributed by atoms with Gasteiger partial charge < -0.3 is 10.4 Å². The largest absolute Gasteiger partial charge is 0.390 e. The van der Waals surface area contributed by atoms with Gasteiger partial charge in [-0.1, -0.05) is 44.2 Å². The maximum absolute atomic E-state index is 11.5. The van der Waals surface area contributed by atoms with Crippen LogP contribution in [-0.4, -0.2) is 35.6 Å². The van der Waals surface area contributed by atoms with Gasteiger partial charge in [0.05, 0.1) is 23.2 Å². The van der Waals surface area contributed by atoms with Crippen molar-refractivity contribution in [1.82, 2.24) is 19.4 Å². The number of aliphatic hydroxyl groups is 1. The first kappa shape index (κ1) is 22.0. The third kappa shape index (κ3) is 3.46. The topological polar surface area (TPSA) is 75.3 Å². The number of imidazole rings is 1. The number of aromatic nitrogens is 4. The highest BCUT2D eigenvalue weighted by atomic mass is 16.3. The third-order valence-electron chi connectivity index (χ3n) is 8.77. The number of benzene rings is 1. The van der Waals surface area contributed by atoms with Crippen LogP contribution < -0.4 is 5.32 Å². The average Bonchev–Trinajstić information content (AvgIpc) is 3.21. The molecule has 8 rings (SSSR count). The van der Waals surface area contributed by atoms with Gasteiger partial charge >= 0.3 is 0 Å². The number of hydrogen-bond acceptors (Lipinski definition) is 5. The minimum atomic E-state index is -0.589. The fourth-order valence-electron chi connectivity index (χ4n) is 8.72. The highest BCUT2D eigenvalue weighted by Crippen LogP contribution is 2.68. The second-order valence-electron chi connectivity index (χ2n) is 12.7. The summed E-state index contributed by atoms with van der Waals surface area (Å²) >= 11 is 0. The van der Waals surface area contributed by atoms with Gasteiger partial charge in [0, 0.05) is 17.9 Å². The van der Waals surface area contributed by atoms with E-state index in [1.165, 1.54) is 12.0 Å². The molecule has 4 fully saturated rings. The molecule has 2 N–H and O–H groups in total. The number of fused-ring (bicyclic) bond motifs is 1. The van der Waals surface area contributed by atoms with E-state index in [1.54, 1.807) is 0 Å². The van der Waals surface area contributed by atoms with E-state index in [4.69, 9.17) is 9.97 Å². The van der Waals surface area contributed by atoms with Crippen molar-refractivity contribution in [2.45, 2.75) is 70.4 Å². The Morgan fingerprint density at radius 2 is 1.58 bits per heavy atom. The van der Waals surface area contributed by atoms with Crippen molar-refractivity contribution in [3.63, 3.8) is 0 Å². The molecule has 36 heavy (non-hydrogen) atoms. The maximum Gasteiger partial charge on any atom is 0.223 e. The predicted molar refractivity (Wildman–Crippen MR) is 142 cm³/mol. The van der Waals surface area contributed by atoms with Gasteiger partial charge in [0.15, 0.2) is 0 Å². The minimum absolute atomic E-state index is 0.161. The first-order valence-corrected chi connectivity index (χ1v) is 13.0.